The maximum Gasteiger partial charge on any atom is 0.254 e. The zero-order valence-corrected chi connectivity index (χ0v) is 14.3. The molecule has 0 saturated heterocycles. The maximum absolute atomic E-state index is 12.3. The van der Waals surface area contributed by atoms with Crippen LogP contribution in [0.1, 0.15) is 28.8 Å². The van der Waals surface area contributed by atoms with Gasteiger partial charge >= 0.3 is 0 Å². The number of rotatable bonds is 6. The Labute approximate surface area is 152 Å². The van der Waals surface area contributed by atoms with Gasteiger partial charge in [-0.3, -0.25) is 14.4 Å². The topological polar surface area (TPSA) is 87.3 Å². The summed E-state index contributed by atoms with van der Waals surface area (Å²) >= 11 is 0. The summed E-state index contributed by atoms with van der Waals surface area (Å²) in [5, 5.41) is 8.27. The highest BCUT2D eigenvalue weighted by atomic mass is 16.2. The summed E-state index contributed by atoms with van der Waals surface area (Å²) < 4.78 is 0. The van der Waals surface area contributed by atoms with Gasteiger partial charge in [-0.15, -0.1) is 0 Å². The lowest BCUT2D eigenvalue weighted by molar-refractivity contribution is -0.121. The van der Waals surface area contributed by atoms with Crippen molar-refractivity contribution < 1.29 is 14.4 Å². The molecule has 0 bridgehead atoms. The summed E-state index contributed by atoms with van der Waals surface area (Å²) in [7, 11) is 0. The number of fused-ring (bicyclic) bond motifs is 1. The number of benzene rings is 2. The molecule has 26 heavy (non-hydrogen) atoms. The van der Waals surface area contributed by atoms with E-state index in [1.54, 1.807) is 24.3 Å². The van der Waals surface area contributed by atoms with Crippen molar-refractivity contribution in [2.75, 3.05) is 11.9 Å². The molecule has 3 rings (SSSR count). The molecule has 3 amide bonds. The highest BCUT2D eigenvalue weighted by molar-refractivity contribution is 6.09. The number of amides is 3. The lowest BCUT2D eigenvalue weighted by atomic mass is 10.1. The van der Waals surface area contributed by atoms with E-state index < -0.39 is 6.04 Å². The summed E-state index contributed by atoms with van der Waals surface area (Å²) in [4.78, 5) is 36.5. The van der Waals surface area contributed by atoms with Crippen LogP contribution in [0, 0.1) is 0 Å². The van der Waals surface area contributed by atoms with E-state index in [0.717, 1.165) is 12.0 Å². The van der Waals surface area contributed by atoms with Crippen LogP contribution in [0.25, 0.3) is 0 Å². The van der Waals surface area contributed by atoms with Crippen molar-refractivity contribution >= 4 is 23.4 Å². The van der Waals surface area contributed by atoms with Crippen molar-refractivity contribution in [2.45, 2.75) is 25.3 Å². The van der Waals surface area contributed by atoms with Gasteiger partial charge in [-0.1, -0.05) is 42.5 Å². The van der Waals surface area contributed by atoms with E-state index in [4.69, 9.17) is 0 Å². The summed E-state index contributed by atoms with van der Waals surface area (Å²) in [6.45, 7) is 0.539. The summed E-state index contributed by atoms with van der Waals surface area (Å²) in [6, 6.07) is 16.0. The molecule has 0 spiro atoms. The predicted molar refractivity (Wildman–Crippen MR) is 98.7 cm³/mol. The van der Waals surface area contributed by atoms with Crippen LogP contribution in [-0.4, -0.2) is 30.3 Å². The van der Waals surface area contributed by atoms with Gasteiger partial charge in [-0.25, -0.2) is 0 Å². The molecule has 0 aliphatic carbocycles. The zero-order chi connectivity index (χ0) is 18.4. The van der Waals surface area contributed by atoms with E-state index in [1.807, 2.05) is 30.3 Å². The highest BCUT2D eigenvalue weighted by Crippen LogP contribution is 2.19. The van der Waals surface area contributed by atoms with E-state index >= 15 is 0 Å². The Morgan fingerprint density at radius 1 is 1.00 bits per heavy atom. The standard InChI is InChI=1S/C20H21N3O3/c24-18(21-13-12-14-6-2-1-3-7-14)11-10-17-20(26)22-16-9-5-4-8-15(16)19(25)23-17/h1-9,17H,10-13H2,(H,21,24)(H,22,26)(H,23,25). The molecule has 6 heteroatoms. The molecule has 2 aromatic carbocycles. The van der Waals surface area contributed by atoms with Gasteiger partial charge in [0, 0.05) is 13.0 Å². The van der Waals surface area contributed by atoms with Crippen molar-refractivity contribution in [2.24, 2.45) is 0 Å². The first-order valence-corrected chi connectivity index (χ1v) is 8.65. The van der Waals surface area contributed by atoms with Gasteiger partial charge in [0.05, 0.1) is 11.3 Å². The minimum atomic E-state index is -0.727. The Bertz CT molecular complexity index is 805. The zero-order valence-electron chi connectivity index (χ0n) is 14.3. The van der Waals surface area contributed by atoms with E-state index in [2.05, 4.69) is 16.0 Å². The summed E-state index contributed by atoms with van der Waals surface area (Å²) in [5.41, 5.74) is 2.07. The van der Waals surface area contributed by atoms with Crippen LogP contribution in [0.5, 0.6) is 0 Å². The molecular weight excluding hydrogens is 330 g/mol. The Morgan fingerprint density at radius 2 is 1.73 bits per heavy atom. The lowest BCUT2D eigenvalue weighted by Crippen LogP contribution is -2.42. The molecule has 0 fully saturated rings. The molecular formula is C20H21N3O3. The largest absolute Gasteiger partial charge is 0.356 e. The quantitative estimate of drug-likeness (QED) is 0.742. The van der Waals surface area contributed by atoms with Crippen LogP contribution in [0.15, 0.2) is 54.6 Å². The van der Waals surface area contributed by atoms with E-state index in [0.29, 0.717) is 17.8 Å². The van der Waals surface area contributed by atoms with Gasteiger partial charge in [0.1, 0.15) is 6.04 Å². The Morgan fingerprint density at radius 3 is 2.54 bits per heavy atom. The molecule has 2 aromatic rings. The number of hydrogen-bond donors (Lipinski definition) is 3. The molecule has 1 aliphatic rings. The summed E-state index contributed by atoms with van der Waals surface area (Å²) in [6.07, 6.45) is 1.18. The van der Waals surface area contributed by atoms with Crippen molar-refractivity contribution in [1.82, 2.24) is 10.6 Å². The smallest absolute Gasteiger partial charge is 0.254 e. The number of carbonyl (C=O) groups excluding carboxylic acids is 3. The molecule has 1 aliphatic heterocycles. The lowest BCUT2D eigenvalue weighted by Gasteiger charge is -2.14. The average Bonchev–Trinajstić information content (AvgIpc) is 2.77. The van der Waals surface area contributed by atoms with Crippen LogP contribution in [0.3, 0.4) is 0 Å². The third-order valence-corrected chi connectivity index (χ3v) is 4.29. The van der Waals surface area contributed by atoms with Crippen molar-refractivity contribution in [1.29, 1.82) is 0 Å². The minimum absolute atomic E-state index is 0.134. The first-order valence-electron chi connectivity index (χ1n) is 8.65. The van der Waals surface area contributed by atoms with E-state index in [9.17, 15) is 14.4 Å². The van der Waals surface area contributed by atoms with Crippen molar-refractivity contribution in [3.8, 4) is 0 Å². The SMILES string of the molecule is O=C(CCC1NC(=O)c2ccccc2NC1=O)NCCc1ccccc1. The number of nitrogens with one attached hydrogen (secondary N) is 3. The molecule has 1 heterocycles. The fourth-order valence-corrected chi connectivity index (χ4v) is 2.87. The average molecular weight is 351 g/mol. The number of hydrogen-bond acceptors (Lipinski definition) is 3. The van der Waals surface area contributed by atoms with Gasteiger partial charge in [0.2, 0.25) is 11.8 Å². The first kappa shape index (κ1) is 17.7. The monoisotopic (exact) mass is 351 g/mol. The van der Waals surface area contributed by atoms with Gasteiger partial charge in [0.15, 0.2) is 0 Å². The number of anilines is 1. The van der Waals surface area contributed by atoms with Crippen molar-refractivity contribution in [3.63, 3.8) is 0 Å². The Kier molecular flexibility index (Phi) is 5.63. The fourth-order valence-electron chi connectivity index (χ4n) is 2.87. The molecule has 6 nitrogen and oxygen atoms in total. The Hall–Kier alpha value is -3.15. The molecule has 1 unspecified atom stereocenters. The van der Waals surface area contributed by atoms with Crippen LogP contribution in [0.4, 0.5) is 5.69 Å². The second-order valence-electron chi connectivity index (χ2n) is 6.19. The normalized spacial score (nSPS) is 16.1. The third kappa shape index (κ3) is 4.47. The number of carbonyl (C=O) groups is 3. The van der Waals surface area contributed by atoms with Gasteiger partial charge < -0.3 is 16.0 Å². The van der Waals surface area contributed by atoms with Gasteiger partial charge in [-0.05, 0) is 30.5 Å². The Balaban J connectivity index is 1.47. The van der Waals surface area contributed by atoms with Gasteiger partial charge in [-0.2, -0.15) is 0 Å². The maximum atomic E-state index is 12.3. The van der Waals surface area contributed by atoms with E-state index in [-0.39, 0.29) is 30.6 Å². The van der Waals surface area contributed by atoms with Crippen LogP contribution in [0.2, 0.25) is 0 Å². The van der Waals surface area contributed by atoms with Crippen LogP contribution in [-0.2, 0) is 16.0 Å². The van der Waals surface area contributed by atoms with Gasteiger partial charge in [0.25, 0.3) is 5.91 Å². The molecule has 0 saturated carbocycles. The molecule has 3 N–H and O–H groups in total. The first-order chi connectivity index (χ1) is 12.6. The predicted octanol–water partition coefficient (Wildman–Crippen LogP) is 1.88. The number of para-hydroxylation sites is 1. The third-order valence-electron chi connectivity index (χ3n) is 4.29. The minimum Gasteiger partial charge on any atom is -0.356 e. The second-order valence-corrected chi connectivity index (χ2v) is 6.19. The molecule has 0 aromatic heterocycles. The van der Waals surface area contributed by atoms with Crippen LogP contribution >= 0.6 is 0 Å². The van der Waals surface area contributed by atoms with Crippen molar-refractivity contribution in [3.05, 3.63) is 65.7 Å². The molecule has 0 radical (unpaired) electrons. The summed E-state index contributed by atoms with van der Waals surface area (Å²) in [5.74, 6) is -0.751. The fraction of sp³-hybridized carbons (Fsp3) is 0.250. The highest BCUT2D eigenvalue weighted by Gasteiger charge is 2.27. The molecule has 134 valence electrons. The molecule has 1 atom stereocenters. The second kappa shape index (κ2) is 8.29. The van der Waals surface area contributed by atoms with Crippen LogP contribution < -0.4 is 16.0 Å². The van der Waals surface area contributed by atoms with E-state index in [1.165, 1.54) is 0 Å².